The number of nitrogens with one attached hydrogen (secondary N) is 1. The van der Waals surface area contributed by atoms with Gasteiger partial charge in [-0.2, -0.15) is 0 Å². The molecule has 0 aliphatic heterocycles. The molecule has 0 amide bonds. The van der Waals surface area contributed by atoms with Gasteiger partial charge in [-0.15, -0.1) is 0 Å². The maximum atomic E-state index is 5.89. The summed E-state index contributed by atoms with van der Waals surface area (Å²) in [4.78, 5) is 8.60. The number of aromatic nitrogens is 1. The number of aliphatic imine (C=N–C) groups is 1. The van der Waals surface area contributed by atoms with Gasteiger partial charge < -0.3 is 15.8 Å². The van der Waals surface area contributed by atoms with Crippen molar-refractivity contribution in [3.8, 4) is 5.88 Å². The predicted molar refractivity (Wildman–Crippen MR) is 83.1 cm³/mol. The molecule has 0 spiro atoms. The van der Waals surface area contributed by atoms with Crippen LogP contribution in [0.1, 0.15) is 37.7 Å². The maximum Gasteiger partial charge on any atom is 0.213 e. The van der Waals surface area contributed by atoms with Gasteiger partial charge in [-0.05, 0) is 49.1 Å². The third kappa shape index (κ3) is 4.62. The summed E-state index contributed by atoms with van der Waals surface area (Å²) in [7, 11) is 0. The van der Waals surface area contributed by atoms with Gasteiger partial charge in [-0.25, -0.2) is 9.98 Å². The van der Waals surface area contributed by atoms with E-state index in [0.29, 0.717) is 18.4 Å². The van der Waals surface area contributed by atoms with Crippen LogP contribution in [0.2, 0.25) is 0 Å². The molecule has 21 heavy (non-hydrogen) atoms. The Morgan fingerprint density at radius 3 is 2.90 bits per heavy atom. The summed E-state index contributed by atoms with van der Waals surface area (Å²) in [5, 5.41) is 3.20. The monoisotopic (exact) mass is 288 g/mol. The SMILES string of the molecule is NC(=NCc1ccnc(OCC2CC2)c1)NCC1CCC1. The van der Waals surface area contributed by atoms with E-state index in [9.17, 15) is 0 Å². The first-order valence-corrected chi connectivity index (χ1v) is 7.91. The second-order valence-corrected chi connectivity index (χ2v) is 6.14. The second kappa shape index (κ2) is 6.78. The van der Waals surface area contributed by atoms with Gasteiger partial charge in [-0.1, -0.05) is 6.42 Å². The molecule has 3 N–H and O–H groups in total. The van der Waals surface area contributed by atoms with Gasteiger partial charge in [0.25, 0.3) is 0 Å². The minimum Gasteiger partial charge on any atom is -0.477 e. The van der Waals surface area contributed by atoms with Crippen molar-refractivity contribution in [3.63, 3.8) is 0 Å². The minimum atomic E-state index is 0.527. The predicted octanol–water partition coefficient (Wildman–Crippen LogP) is 2.07. The third-order valence-electron chi connectivity index (χ3n) is 4.19. The van der Waals surface area contributed by atoms with Crippen LogP contribution in [0.5, 0.6) is 5.88 Å². The molecule has 2 fully saturated rings. The van der Waals surface area contributed by atoms with Crippen molar-refractivity contribution in [3.05, 3.63) is 23.9 Å². The van der Waals surface area contributed by atoms with Crippen LogP contribution in [-0.4, -0.2) is 24.1 Å². The Kier molecular flexibility index (Phi) is 4.58. The van der Waals surface area contributed by atoms with E-state index in [1.807, 2.05) is 12.1 Å². The smallest absolute Gasteiger partial charge is 0.213 e. The van der Waals surface area contributed by atoms with E-state index >= 15 is 0 Å². The van der Waals surface area contributed by atoms with E-state index in [-0.39, 0.29) is 0 Å². The fraction of sp³-hybridized carbons (Fsp3) is 0.625. The first-order chi connectivity index (χ1) is 10.3. The highest BCUT2D eigenvalue weighted by Crippen LogP contribution is 2.29. The lowest BCUT2D eigenvalue weighted by Crippen LogP contribution is -2.37. The molecule has 5 heteroatoms. The van der Waals surface area contributed by atoms with Crippen LogP contribution < -0.4 is 15.8 Å². The van der Waals surface area contributed by atoms with E-state index in [4.69, 9.17) is 10.5 Å². The van der Waals surface area contributed by atoms with Crippen molar-refractivity contribution in [2.45, 2.75) is 38.6 Å². The summed E-state index contributed by atoms with van der Waals surface area (Å²) in [6.07, 6.45) is 8.31. The van der Waals surface area contributed by atoms with Crippen molar-refractivity contribution < 1.29 is 4.74 Å². The molecule has 3 rings (SSSR count). The molecule has 1 heterocycles. The summed E-state index contributed by atoms with van der Waals surface area (Å²) in [6, 6.07) is 3.90. The molecule has 0 atom stereocenters. The first kappa shape index (κ1) is 14.2. The molecule has 2 aliphatic carbocycles. The highest BCUT2D eigenvalue weighted by Gasteiger charge is 2.22. The zero-order chi connectivity index (χ0) is 14.5. The highest BCUT2D eigenvalue weighted by molar-refractivity contribution is 5.77. The van der Waals surface area contributed by atoms with E-state index in [1.54, 1.807) is 6.20 Å². The quantitative estimate of drug-likeness (QED) is 0.595. The minimum absolute atomic E-state index is 0.527. The van der Waals surface area contributed by atoms with Gasteiger partial charge in [0.05, 0.1) is 13.2 Å². The van der Waals surface area contributed by atoms with Gasteiger partial charge in [0, 0.05) is 18.8 Å². The fourth-order valence-electron chi connectivity index (χ4n) is 2.29. The molecular weight excluding hydrogens is 264 g/mol. The first-order valence-electron chi connectivity index (χ1n) is 7.91. The number of ether oxygens (including phenoxy) is 1. The van der Waals surface area contributed by atoms with Crippen LogP contribution in [0.15, 0.2) is 23.3 Å². The van der Waals surface area contributed by atoms with Gasteiger partial charge in [0.2, 0.25) is 5.88 Å². The van der Waals surface area contributed by atoms with E-state index in [0.717, 1.165) is 30.6 Å². The summed E-state index contributed by atoms with van der Waals surface area (Å²) < 4.78 is 5.67. The zero-order valence-electron chi connectivity index (χ0n) is 12.4. The fourth-order valence-corrected chi connectivity index (χ4v) is 2.29. The van der Waals surface area contributed by atoms with E-state index in [2.05, 4.69) is 15.3 Å². The second-order valence-electron chi connectivity index (χ2n) is 6.14. The Labute approximate surface area is 126 Å². The van der Waals surface area contributed by atoms with Crippen LogP contribution in [0, 0.1) is 11.8 Å². The largest absolute Gasteiger partial charge is 0.477 e. The van der Waals surface area contributed by atoms with Gasteiger partial charge in [0.15, 0.2) is 5.96 Å². The standard InChI is InChI=1S/C16H24N4O/c17-16(19-9-12-2-1-3-12)20-10-14-6-7-18-15(8-14)21-11-13-4-5-13/h6-8,12-13H,1-5,9-11H2,(H3,17,19,20). The van der Waals surface area contributed by atoms with Crippen LogP contribution in [0.4, 0.5) is 0 Å². The zero-order valence-corrected chi connectivity index (χ0v) is 12.4. The molecule has 114 valence electrons. The average Bonchev–Trinajstić information content (AvgIpc) is 3.26. The summed E-state index contributed by atoms with van der Waals surface area (Å²) in [6.45, 7) is 2.29. The van der Waals surface area contributed by atoms with Crippen LogP contribution in [0.25, 0.3) is 0 Å². The highest BCUT2D eigenvalue weighted by atomic mass is 16.5. The molecule has 2 saturated carbocycles. The Bertz CT molecular complexity index is 495. The molecule has 2 aliphatic rings. The maximum absolute atomic E-state index is 5.89. The van der Waals surface area contributed by atoms with Gasteiger partial charge in [-0.3, -0.25) is 0 Å². The third-order valence-corrected chi connectivity index (χ3v) is 4.19. The van der Waals surface area contributed by atoms with Gasteiger partial charge >= 0.3 is 0 Å². The lowest BCUT2D eigenvalue weighted by atomic mass is 9.85. The number of rotatable bonds is 7. The van der Waals surface area contributed by atoms with Crippen molar-refractivity contribution in [2.75, 3.05) is 13.2 Å². The van der Waals surface area contributed by atoms with Gasteiger partial charge in [0.1, 0.15) is 0 Å². The number of pyridine rings is 1. The van der Waals surface area contributed by atoms with Crippen LogP contribution in [0.3, 0.4) is 0 Å². The molecule has 0 unspecified atom stereocenters. The van der Waals surface area contributed by atoms with Crippen LogP contribution in [-0.2, 0) is 6.54 Å². The van der Waals surface area contributed by atoms with Crippen LogP contribution >= 0.6 is 0 Å². The summed E-state index contributed by atoms with van der Waals surface area (Å²) in [5.74, 6) is 2.73. The molecular formula is C16H24N4O. The Morgan fingerprint density at radius 1 is 1.33 bits per heavy atom. The molecule has 1 aromatic rings. The molecule has 1 aromatic heterocycles. The number of nitrogens with zero attached hydrogens (tertiary/aromatic N) is 2. The number of guanidine groups is 1. The van der Waals surface area contributed by atoms with E-state index < -0.39 is 0 Å². The number of nitrogens with two attached hydrogens (primary N) is 1. The number of hydrogen-bond acceptors (Lipinski definition) is 3. The topological polar surface area (TPSA) is 72.5 Å². The normalized spacial score (nSPS) is 19.1. The van der Waals surface area contributed by atoms with Crippen molar-refractivity contribution in [2.24, 2.45) is 22.6 Å². The lowest BCUT2D eigenvalue weighted by molar-refractivity contribution is 0.288. The molecule has 0 radical (unpaired) electrons. The summed E-state index contributed by atoms with van der Waals surface area (Å²) in [5.41, 5.74) is 6.96. The van der Waals surface area contributed by atoms with E-state index in [1.165, 1.54) is 32.1 Å². The van der Waals surface area contributed by atoms with Crippen molar-refractivity contribution >= 4 is 5.96 Å². The Morgan fingerprint density at radius 2 is 2.19 bits per heavy atom. The molecule has 5 nitrogen and oxygen atoms in total. The lowest BCUT2D eigenvalue weighted by Gasteiger charge is -2.25. The molecule has 0 bridgehead atoms. The Hall–Kier alpha value is -1.78. The van der Waals surface area contributed by atoms with Crippen molar-refractivity contribution in [1.82, 2.24) is 10.3 Å². The number of hydrogen-bond donors (Lipinski definition) is 2. The van der Waals surface area contributed by atoms with Crippen molar-refractivity contribution in [1.29, 1.82) is 0 Å². The average molecular weight is 288 g/mol. The molecule has 0 aromatic carbocycles. The Balaban J connectivity index is 1.45. The summed E-state index contributed by atoms with van der Waals surface area (Å²) >= 11 is 0. The molecule has 0 saturated heterocycles.